The molecular weight excluding hydrogens is 198 g/mol. The minimum absolute atomic E-state index is 0.619. The highest BCUT2D eigenvalue weighted by atomic mass is 32.1. The van der Waals surface area contributed by atoms with E-state index < -0.39 is 11.4 Å². The van der Waals surface area contributed by atoms with E-state index in [0.717, 1.165) is 35.6 Å². The van der Waals surface area contributed by atoms with Crippen molar-refractivity contribution in [2.45, 2.75) is 38.0 Å². The van der Waals surface area contributed by atoms with Crippen LogP contribution in [0.25, 0.3) is 0 Å². The molecule has 0 bridgehead atoms. The molecule has 0 saturated heterocycles. The molecule has 0 spiro atoms. The van der Waals surface area contributed by atoms with Crippen LogP contribution in [0.15, 0.2) is 6.20 Å². The molecule has 0 aliphatic heterocycles. The second kappa shape index (κ2) is 3.35. The summed E-state index contributed by atoms with van der Waals surface area (Å²) in [6, 6.07) is 0. The molecule has 1 aliphatic rings. The minimum atomic E-state index is -0.682. The molecule has 0 unspecified atom stereocenters. The lowest BCUT2D eigenvalue weighted by atomic mass is 9.85. The summed E-state index contributed by atoms with van der Waals surface area (Å²) in [7, 11) is 0. The van der Waals surface area contributed by atoms with Gasteiger partial charge >= 0.3 is 5.97 Å². The van der Waals surface area contributed by atoms with Crippen LogP contribution in [-0.2, 0) is 10.2 Å². The van der Waals surface area contributed by atoms with E-state index in [1.54, 1.807) is 6.20 Å². The molecule has 14 heavy (non-hydrogen) atoms. The Bertz CT molecular complexity index is 353. The van der Waals surface area contributed by atoms with Crippen molar-refractivity contribution in [1.82, 2.24) is 4.98 Å². The SMILES string of the molecule is Cc1ncc(C2(C(=O)O)CCCC2)s1. The zero-order valence-electron chi connectivity index (χ0n) is 8.12. The van der Waals surface area contributed by atoms with E-state index in [2.05, 4.69) is 4.98 Å². The van der Waals surface area contributed by atoms with E-state index in [-0.39, 0.29) is 0 Å². The van der Waals surface area contributed by atoms with Crippen molar-refractivity contribution in [3.05, 3.63) is 16.1 Å². The van der Waals surface area contributed by atoms with Gasteiger partial charge in [-0.3, -0.25) is 4.79 Å². The average Bonchev–Trinajstić information content (AvgIpc) is 2.71. The summed E-state index contributed by atoms with van der Waals surface area (Å²) < 4.78 is 0. The fourth-order valence-corrected chi connectivity index (χ4v) is 3.14. The van der Waals surface area contributed by atoms with Crippen LogP contribution in [0.2, 0.25) is 0 Å². The first-order valence-corrected chi connectivity index (χ1v) is 5.63. The Morgan fingerprint density at radius 3 is 2.64 bits per heavy atom. The van der Waals surface area contributed by atoms with Crippen molar-refractivity contribution in [3.63, 3.8) is 0 Å². The first-order valence-electron chi connectivity index (χ1n) is 4.81. The van der Waals surface area contributed by atoms with E-state index in [1.165, 1.54) is 11.3 Å². The topological polar surface area (TPSA) is 50.2 Å². The van der Waals surface area contributed by atoms with Gasteiger partial charge in [0.2, 0.25) is 0 Å². The Balaban J connectivity index is 2.41. The number of nitrogens with zero attached hydrogens (tertiary/aromatic N) is 1. The largest absolute Gasteiger partial charge is 0.481 e. The molecule has 76 valence electrons. The third-order valence-corrected chi connectivity index (χ3v) is 4.08. The molecule has 1 heterocycles. The highest BCUT2D eigenvalue weighted by Gasteiger charge is 2.44. The predicted octanol–water partition coefficient (Wildman–Crippen LogP) is 2.35. The second-order valence-corrected chi connectivity index (χ2v) is 5.07. The van der Waals surface area contributed by atoms with Crippen LogP contribution < -0.4 is 0 Å². The van der Waals surface area contributed by atoms with Gasteiger partial charge in [-0.1, -0.05) is 12.8 Å². The summed E-state index contributed by atoms with van der Waals surface area (Å²) in [5, 5.41) is 10.3. The predicted molar refractivity (Wildman–Crippen MR) is 54.6 cm³/mol. The molecule has 0 amide bonds. The van der Waals surface area contributed by atoms with Gasteiger partial charge in [0.05, 0.1) is 5.01 Å². The third-order valence-electron chi connectivity index (χ3n) is 2.96. The maximum atomic E-state index is 11.3. The standard InChI is InChI=1S/C10H13NO2S/c1-7-11-6-8(14-7)10(9(12)13)4-2-3-5-10/h6H,2-5H2,1H3,(H,12,13). The van der Waals surface area contributed by atoms with Crippen LogP contribution in [0.4, 0.5) is 0 Å². The van der Waals surface area contributed by atoms with Crippen molar-refractivity contribution in [2.24, 2.45) is 0 Å². The molecule has 2 rings (SSSR count). The lowest BCUT2D eigenvalue weighted by molar-refractivity contribution is -0.143. The van der Waals surface area contributed by atoms with Gasteiger partial charge in [-0.05, 0) is 19.8 Å². The Hall–Kier alpha value is -0.900. The van der Waals surface area contributed by atoms with Crippen molar-refractivity contribution in [1.29, 1.82) is 0 Å². The fraction of sp³-hybridized carbons (Fsp3) is 0.600. The normalized spacial score (nSPS) is 19.8. The maximum Gasteiger partial charge on any atom is 0.315 e. The number of thiazole rings is 1. The lowest BCUT2D eigenvalue weighted by Crippen LogP contribution is -2.31. The number of carboxylic acids is 1. The molecule has 1 aromatic heterocycles. The van der Waals surface area contributed by atoms with Gasteiger partial charge in [-0.25, -0.2) is 4.98 Å². The van der Waals surface area contributed by atoms with Crippen molar-refractivity contribution in [3.8, 4) is 0 Å². The van der Waals surface area contributed by atoms with Crippen molar-refractivity contribution in [2.75, 3.05) is 0 Å². The van der Waals surface area contributed by atoms with Crippen LogP contribution in [0.5, 0.6) is 0 Å². The van der Waals surface area contributed by atoms with Gasteiger partial charge < -0.3 is 5.11 Å². The van der Waals surface area contributed by atoms with E-state index in [4.69, 9.17) is 0 Å². The van der Waals surface area contributed by atoms with Gasteiger partial charge in [0.1, 0.15) is 5.41 Å². The first-order chi connectivity index (χ1) is 6.65. The minimum Gasteiger partial charge on any atom is -0.481 e. The van der Waals surface area contributed by atoms with E-state index in [0.29, 0.717) is 0 Å². The van der Waals surface area contributed by atoms with Gasteiger partial charge in [0.25, 0.3) is 0 Å². The Morgan fingerprint density at radius 1 is 1.57 bits per heavy atom. The Labute approximate surface area is 86.8 Å². The number of carbonyl (C=O) groups is 1. The second-order valence-electron chi connectivity index (χ2n) is 3.84. The zero-order chi connectivity index (χ0) is 10.2. The van der Waals surface area contributed by atoms with Crippen LogP contribution in [0.3, 0.4) is 0 Å². The van der Waals surface area contributed by atoms with Crippen molar-refractivity contribution < 1.29 is 9.90 Å². The van der Waals surface area contributed by atoms with E-state index in [9.17, 15) is 9.90 Å². The molecule has 0 radical (unpaired) electrons. The molecule has 1 aromatic rings. The molecule has 1 fully saturated rings. The molecule has 1 saturated carbocycles. The number of hydrogen-bond acceptors (Lipinski definition) is 3. The highest BCUT2D eigenvalue weighted by molar-refractivity contribution is 7.11. The first kappa shape index (κ1) is 9.65. The van der Waals surface area contributed by atoms with E-state index >= 15 is 0 Å². The molecule has 0 atom stereocenters. The summed E-state index contributed by atoms with van der Waals surface area (Å²) in [6.45, 7) is 1.92. The molecular formula is C10H13NO2S. The van der Waals surface area contributed by atoms with Crippen LogP contribution >= 0.6 is 11.3 Å². The van der Waals surface area contributed by atoms with Crippen LogP contribution in [0.1, 0.15) is 35.6 Å². The summed E-state index contributed by atoms with van der Waals surface area (Å²) in [6.07, 6.45) is 5.31. The number of hydrogen-bond donors (Lipinski definition) is 1. The quantitative estimate of drug-likeness (QED) is 0.817. The maximum absolute atomic E-state index is 11.3. The van der Waals surface area contributed by atoms with Gasteiger partial charge in [-0.15, -0.1) is 11.3 Å². The number of aliphatic carboxylic acids is 1. The van der Waals surface area contributed by atoms with E-state index in [1.807, 2.05) is 6.92 Å². The summed E-state index contributed by atoms with van der Waals surface area (Å²) in [5.74, 6) is -0.682. The lowest BCUT2D eigenvalue weighted by Gasteiger charge is -2.21. The van der Waals surface area contributed by atoms with Crippen LogP contribution in [-0.4, -0.2) is 16.1 Å². The molecule has 4 heteroatoms. The number of carboxylic acid groups (broad SMARTS) is 1. The average molecular weight is 211 g/mol. The smallest absolute Gasteiger partial charge is 0.315 e. The fourth-order valence-electron chi connectivity index (χ4n) is 2.13. The summed E-state index contributed by atoms with van der Waals surface area (Å²) in [5.41, 5.74) is -0.619. The Morgan fingerprint density at radius 2 is 2.21 bits per heavy atom. The third kappa shape index (κ3) is 1.34. The highest BCUT2D eigenvalue weighted by Crippen LogP contribution is 2.43. The van der Waals surface area contributed by atoms with Crippen molar-refractivity contribution >= 4 is 17.3 Å². The number of aryl methyl sites for hydroxylation is 1. The molecule has 0 aromatic carbocycles. The molecule has 1 aliphatic carbocycles. The molecule has 3 nitrogen and oxygen atoms in total. The monoisotopic (exact) mass is 211 g/mol. The summed E-state index contributed by atoms with van der Waals surface area (Å²) >= 11 is 1.52. The van der Waals surface area contributed by atoms with Gasteiger partial charge in [-0.2, -0.15) is 0 Å². The molecule has 1 N–H and O–H groups in total. The Kier molecular flexibility index (Phi) is 2.31. The number of aromatic nitrogens is 1. The zero-order valence-corrected chi connectivity index (χ0v) is 8.93. The van der Waals surface area contributed by atoms with Crippen LogP contribution in [0, 0.1) is 6.92 Å². The number of rotatable bonds is 2. The van der Waals surface area contributed by atoms with Gasteiger partial charge in [0, 0.05) is 11.1 Å². The summed E-state index contributed by atoms with van der Waals surface area (Å²) in [4.78, 5) is 16.4. The van der Waals surface area contributed by atoms with Gasteiger partial charge in [0.15, 0.2) is 0 Å².